The monoisotopic (exact) mass is 225 g/mol. The van der Waals surface area contributed by atoms with Gasteiger partial charge in [-0.05, 0) is 12.8 Å². The lowest BCUT2D eigenvalue weighted by Gasteiger charge is -2.14. The molecule has 0 amide bonds. The van der Waals surface area contributed by atoms with Crippen LogP contribution in [0.25, 0.3) is 0 Å². The van der Waals surface area contributed by atoms with Gasteiger partial charge in [-0.2, -0.15) is 5.10 Å². The molecule has 6 heteroatoms. The molecule has 1 aromatic heterocycles. The molecule has 1 aromatic rings. The number of hydrogen-bond acceptors (Lipinski definition) is 4. The van der Waals surface area contributed by atoms with Crippen molar-refractivity contribution in [3.8, 4) is 0 Å². The number of aryl methyl sites for hydroxylation is 1. The molecule has 0 atom stereocenters. The number of carboxylic acid groups (broad SMARTS) is 1. The molecule has 16 heavy (non-hydrogen) atoms. The fourth-order valence-electron chi connectivity index (χ4n) is 1.66. The van der Waals surface area contributed by atoms with E-state index in [9.17, 15) is 4.79 Å². The normalized spacial score (nSPS) is 17.4. The summed E-state index contributed by atoms with van der Waals surface area (Å²) in [5.41, 5.74) is 0.649. The fourth-order valence-corrected chi connectivity index (χ4v) is 1.66. The van der Waals surface area contributed by atoms with Crippen molar-refractivity contribution in [3.63, 3.8) is 0 Å². The first-order valence-electron chi connectivity index (χ1n) is 5.18. The van der Waals surface area contributed by atoms with Gasteiger partial charge in [-0.25, -0.2) is 4.79 Å². The highest BCUT2D eigenvalue weighted by Crippen LogP contribution is 2.34. The minimum atomic E-state index is -0.973. The highest BCUT2D eigenvalue weighted by molar-refractivity contribution is 5.88. The van der Waals surface area contributed by atoms with E-state index in [-0.39, 0.29) is 17.7 Å². The molecule has 1 aliphatic carbocycles. The van der Waals surface area contributed by atoms with Crippen LogP contribution in [-0.2, 0) is 13.6 Å². The summed E-state index contributed by atoms with van der Waals surface area (Å²) in [6.07, 6.45) is 3.21. The highest BCUT2D eigenvalue weighted by atomic mass is 16.4. The Balaban J connectivity index is 2.08. The summed E-state index contributed by atoms with van der Waals surface area (Å²) in [5.74, 6) is -0.973. The summed E-state index contributed by atoms with van der Waals surface area (Å²) in [7, 11) is 1.71. The summed E-state index contributed by atoms with van der Waals surface area (Å²) in [6, 6.07) is 0. The van der Waals surface area contributed by atoms with Crippen molar-refractivity contribution in [2.24, 2.45) is 7.05 Å². The third-order valence-electron chi connectivity index (χ3n) is 3.08. The molecule has 0 aliphatic heterocycles. The number of aliphatic hydroxyl groups is 1. The van der Waals surface area contributed by atoms with Crippen molar-refractivity contribution in [2.75, 3.05) is 6.61 Å². The first-order chi connectivity index (χ1) is 7.58. The van der Waals surface area contributed by atoms with Gasteiger partial charge in [0.2, 0.25) is 0 Å². The molecule has 1 aliphatic rings. The second-order valence-corrected chi connectivity index (χ2v) is 4.23. The van der Waals surface area contributed by atoms with Gasteiger partial charge in [-0.15, -0.1) is 0 Å². The van der Waals surface area contributed by atoms with Crippen molar-refractivity contribution in [1.82, 2.24) is 15.1 Å². The molecule has 0 spiro atoms. The predicted octanol–water partition coefficient (Wildman–Crippen LogP) is -0.267. The Morgan fingerprint density at radius 2 is 2.38 bits per heavy atom. The van der Waals surface area contributed by atoms with Gasteiger partial charge in [0.1, 0.15) is 5.56 Å². The molecule has 3 N–H and O–H groups in total. The van der Waals surface area contributed by atoms with E-state index in [4.69, 9.17) is 10.2 Å². The van der Waals surface area contributed by atoms with Crippen LogP contribution >= 0.6 is 0 Å². The smallest absolute Gasteiger partial charge is 0.339 e. The number of rotatable bonds is 5. The van der Waals surface area contributed by atoms with Crippen LogP contribution in [0.2, 0.25) is 0 Å². The summed E-state index contributed by atoms with van der Waals surface area (Å²) in [5, 5.41) is 25.2. The van der Waals surface area contributed by atoms with Crippen molar-refractivity contribution in [1.29, 1.82) is 0 Å². The van der Waals surface area contributed by atoms with Crippen LogP contribution in [0, 0.1) is 0 Å². The molecular weight excluding hydrogens is 210 g/mol. The van der Waals surface area contributed by atoms with Crippen LogP contribution in [0.5, 0.6) is 0 Å². The Labute approximate surface area is 92.9 Å². The van der Waals surface area contributed by atoms with Gasteiger partial charge in [0, 0.05) is 19.1 Å². The van der Waals surface area contributed by atoms with Crippen LogP contribution in [0.15, 0.2) is 6.20 Å². The molecule has 0 bridgehead atoms. The van der Waals surface area contributed by atoms with Gasteiger partial charge in [0.25, 0.3) is 0 Å². The summed E-state index contributed by atoms with van der Waals surface area (Å²) in [6.45, 7) is 0.506. The van der Waals surface area contributed by atoms with Crippen molar-refractivity contribution < 1.29 is 15.0 Å². The van der Waals surface area contributed by atoms with Gasteiger partial charge in [-0.1, -0.05) is 0 Å². The third kappa shape index (κ3) is 1.94. The summed E-state index contributed by atoms with van der Waals surface area (Å²) >= 11 is 0. The topological polar surface area (TPSA) is 87.4 Å². The second kappa shape index (κ2) is 3.88. The molecule has 0 radical (unpaired) electrons. The zero-order valence-electron chi connectivity index (χ0n) is 9.10. The number of hydrogen-bond donors (Lipinski definition) is 3. The maximum absolute atomic E-state index is 10.9. The zero-order valence-corrected chi connectivity index (χ0v) is 9.10. The third-order valence-corrected chi connectivity index (χ3v) is 3.08. The van der Waals surface area contributed by atoms with E-state index < -0.39 is 5.97 Å². The first kappa shape index (κ1) is 11.1. The minimum Gasteiger partial charge on any atom is -0.478 e. The van der Waals surface area contributed by atoms with Crippen LogP contribution in [-0.4, -0.2) is 38.1 Å². The predicted molar refractivity (Wildman–Crippen MR) is 56.1 cm³/mol. The molecule has 2 rings (SSSR count). The molecular formula is C10H15N3O3. The van der Waals surface area contributed by atoms with Crippen molar-refractivity contribution in [3.05, 3.63) is 17.5 Å². The summed E-state index contributed by atoms with van der Waals surface area (Å²) < 4.78 is 1.55. The standard InChI is InChI=1S/C10H15N3O3/c1-13-8(7(4-12-13)9(15)16)5-11-10(6-14)2-3-10/h4,11,14H,2-3,5-6H2,1H3,(H,15,16). The lowest BCUT2D eigenvalue weighted by atomic mass is 10.2. The lowest BCUT2D eigenvalue weighted by Crippen LogP contribution is -2.35. The average molecular weight is 225 g/mol. The summed E-state index contributed by atoms with van der Waals surface area (Å²) in [4.78, 5) is 10.9. The van der Waals surface area contributed by atoms with Gasteiger partial charge < -0.3 is 15.5 Å². The number of aliphatic hydroxyl groups excluding tert-OH is 1. The van der Waals surface area contributed by atoms with Crippen molar-refractivity contribution >= 4 is 5.97 Å². The number of carboxylic acids is 1. The zero-order chi connectivity index (χ0) is 11.8. The average Bonchev–Trinajstić information content (AvgIpc) is 2.94. The van der Waals surface area contributed by atoms with Gasteiger partial charge in [-0.3, -0.25) is 4.68 Å². The Hall–Kier alpha value is -1.40. The van der Waals surface area contributed by atoms with Gasteiger partial charge in [0.15, 0.2) is 0 Å². The van der Waals surface area contributed by atoms with Gasteiger partial charge in [0.05, 0.1) is 18.5 Å². The quantitative estimate of drug-likeness (QED) is 0.642. The van der Waals surface area contributed by atoms with E-state index in [1.807, 2.05) is 0 Å². The molecule has 1 saturated carbocycles. The molecule has 88 valence electrons. The van der Waals surface area contributed by atoms with Crippen molar-refractivity contribution in [2.45, 2.75) is 24.9 Å². The maximum atomic E-state index is 10.9. The number of aromatic carboxylic acids is 1. The van der Waals surface area contributed by atoms with Crippen LogP contribution < -0.4 is 5.32 Å². The molecule has 0 saturated heterocycles. The molecule has 0 aromatic carbocycles. The Morgan fingerprint density at radius 3 is 2.88 bits per heavy atom. The SMILES string of the molecule is Cn1ncc(C(=O)O)c1CNC1(CO)CC1. The number of aromatic nitrogens is 2. The number of carbonyl (C=O) groups is 1. The Morgan fingerprint density at radius 1 is 1.69 bits per heavy atom. The van der Waals surface area contributed by atoms with Crippen LogP contribution in [0.3, 0.4) is 0 Å². The second-order valence-electron chi connectivity index (χ2n) is 4.23. The largest absolute Gasteiger partial charge is 0.478 e. The van der Waals surface area contributed by atoms with E-state index in [0.29, 0.717) is 12.2 Å². The van der Waals surface area contributed by atoms with Crippen LogP contribution in [0.1, 0.15) is 28.9 Å². The van der Waals surface area contributed by atoms with E-state index >= 15 is 0 Å². The number of nitrogens with zero attached hydrogens (tertiary/aromatic N) is 2. The van der Waals surface area contributed by atoms with E-state index in [2.05, 4.69) is 10.4 Å². The molecule has 0 unspecified atom stereocenters. The Bertz CT molecular complexity index is 409. The van der Waals surface area contributed by atoms with E-state index in [1.54, 1.807) is 11.7 Å². The first-order valence-corrected chi connectivity index (χ1v) is 5.18. The van der Waals surface area contributed by atoms with Crippen LogP contribution in [0.4, 0.5) is 0 Å². The molecule has 1 heterocycles. The molecule has 1 fully saturated rings. The fraction of sp³-hybridized carbons (Fsp3) is 0.600. The highest BCUT2D eigenvalue weighted by Gasteiger charge is 2.41. The number of nitrogens with one attached hydrogen (secondary N) is 1. The maximum Gasteiger partial charge on any atom is 0.339 e. The Kier molecular flexibility index (Phi) is 2.69. The van der Waals surface area contributed by atoms with E-state index in [1.165, 1.54) is 6.20 Å². The minimum absolute atomic E-state index is 0.0905. The lowest BCUT2D eigenvalue weighted by molar-refractivity contribution is 0.0695. The van der Waals surface area contributed by atoms with E-state index in [0.717, 1.165) is 12.8 Å². The molecule has 6 nitrogen and oxygen atoms in total. The van der Waals surface area contributed by atoms with Gasteiger partial charge >= 0.3 is 5.97 Å².